The first-order valence-corrected chi connectivity index (χ1v) is 8.27. The number of hydrogen-bond acceptors (Lipinski definition) is 3. The van der Waals surface area contributed by atoms with Gasteiger partial charge in [-0.25, -0.2) is 8.42 Å². The summed E-state index contributed by atoms with van der Waals surface area (Å²) in [5, 5.41) is 9.47. The summed E-state index contributed by atoms with van der Waals surface area (Å²) < 4.78 is 26.5. The molecule has 1 rings (SSSR count). The first-order chi connectivity index (χ1) is 9.38. The molecule has 0 bridgehead atoms. The molecule has 0 aliphatic heterocycles. The van der Waals surface area contributed by atoms with Crippen LogP contribution in [0, 0.1) is 0 Å². The summed E-state index contributed by atoms with van der Waals surface area (Å²) in [6.45, 7) is 5.65. The molecule has 1 N–H and O–H groups in total. The molecule has 0 atom stereocenters. The van der Waals surface area contributed by atoms with Crippen molar-refractivity contribution in [1.29, 1.82) is 0 Å². The summed E-state index contributed by atoms with van der Waals surface area (Å²) in [6, 6.07) is 2.64. The van der Waals surface area contributed by atoms with Crippen molar-refractivity contribution < 1.29 is 13.5 Å². The van der Waals surface area contributed by atoms with E-state index in [9.17, 15) is 13.5 Å². The maximum atomic E-state index is 12.6. The van der Waals surface area contributed by atoms with Crippen LogP contribution >= 0.6 is 23.2 Å². The number of nitrogens with zero attached hydrogens (tertiary/aromatic N) is 1. The summed E-state index contributed by atoms with van der Waals surface area (Å²) in [6.07, 6.45) is 2.19. The predicted octanol–water partition coefficient (Wildman–Crippen LogP) is 3.07. The third kappa shape index (κ3) is 3.74. The molecule has 0 aliphatic rings. The lowest BCUT2D eigenvalue weighted by Gasteiger charge is -2.21. The van der Waals surface area contributed by atoms with E-state index < -0.39 is 10.0 Å². The van der Waals surface area contributed by atoms with Crippen molar-refractivity contribution in [2.24, 2.45) is 0 Å². The van der Waals surface area contributed by atoms with E-state index in [1.165, 1.54) is 22.5 Å². The molecular formula is C13H17Cl2NO3S. The molecule has 0 unspecified atom stereocenters. The Morgan fingerprint density at radius 1 is 1.35 bits per heavy atom. The zero-order valence-corrected chi connectivity index (χ0v) is 13.5. The maximum absolute atomic E-state index is 12.6. The summed E-state index contributed by atoms with van der Waals surface area (Å²) in [7, 11) is -3.75. The molecule has 0 aromatic heterocycles. The maximum Gasteiger partial charge on any atom is 0.244 e. The van der Waals surface area contributed by atoms with Crippen LogP contribution in [-0.2, 0) is 16.6 Å². The molecule has 0 aliphatic carbocycles. The van der Waals surface area contributed by atoms with E-state index in [0.717, 1.165) is 0 Å². The van der Waals surface area contributed by atoms with Gasteiger partial charge in [0, 0.05) is 18.1 Å². The largest absolute Gasteiger partial charge is 0.392 e. The Balaban J connectivity index is 3.36. The van der Waals surface area contributed by atoms with Crippen molar-refractivity contribution in [3.8, 4) is 0 Å². The highest BCUT2D eigenvalue weighted by atomic mass is 35.5. The number of aliphatic hydroxyl groups is 1. The Morgan fingerprint density at radius 3 is 2.50 bits per heavy atom. The zero-order chi connectivity index (χ0) is 15.3. The van der Waals surface area contributed by atoms with Gasteiger partial charge in [-0.05, 0) is 24.1 Å². The van der Waals surface area contributed by atoms with Crippen LogP contribution < -0.4 is 0 Å². The van der Waals surface area contributed by atoms with Crippen molar-refractivity contribution in [3.63, 3.8) is 0 Å². The lowest BCUT2D eigenvalue weighted by Crippen LogP contribution is -2.32. The van der Waals surface area contributed by atoms with Gasteiger partial charge in [0.15, 0.2) is 0 Å². The molecule has 0 fully saturated rings. The van der Waals surface area contributed by atoms with Crippen LogP contribution in [0.2, 0.25) is 10.0 Å². The number of rotatable bonds is 7. The van der Waals surface area contributed by atoms with Crippen LogP contribution in [0.3, 0.4) is 0 Å². The highest BCUT2D eigenvalue weighted by Crippen LogP contribution is 2.30. The van der Waals surface area contributed by atoms with E-state index in [1.54, 1.807) is 0 Å². The second kappa shape index (κ2) is 7.43. The summed E-state index contributed by atoms with van der Waals surface area (Å²) >= 11 is 11.9. The normalized spacial score (nSPS) is 11.8. The molecule has 7 heteroatoms. The van der Waals surface area contributed by atoms with Gasteiger partial charge in [-0.15, -0.1) is 6.58 Å². The predicted molar refractivity (Wildman–Crippen MR) is 81.6 cm³/mol. The fourth-order valence-electron chi connectivity index (χ4n) is 1.73. The Morgan fingerprint density at radius 2 is 2.00 bits per heavy atom. The molecule has 20 heavy (non-hydrogen) atoms. The minimum Gasteiger partial charge on any atom is -0.392 e. The lowest BCUT2D eigenvalue weighted by atomic mass is 10.2. The molecule has 1 aromatic rings. The highest BCUT2D eigenvalue weighted by Gasteiger charge is 2.26. The minimum absolute atomic E-state index is 0.0392. The highest BCUT2D eigenvalue weighted by molar-refractivity contribution is 7.89. The molecule has 0 saturated heterocycles. The van der Waals surface area contributed by atoms with Gasteiger partial charge in [0.2, 0.25) is 10.0 Å². The summed E-state index contributed by atoms with van der Waals surface area (Å²) in [4.78, 5) is -0.0529. The molecular weight excluding hydrogens is 321 g/mol. The number of hydrogen-bond donors (Lipinski definition) is 1. The van der Waals surface area contributed by atoms with E-state index >= 15 is 0 Å². The molecule has 0 radical (unpaired) electrons. The van der Waals surface area contributed by atoms with Crippen molar-refractivity contribution in [1.82, 2.24) is 4.31 Å². The SMILES string of the molecule is C=CCN(CCC)S(=O)(=O)c1cc(CO)c(Cl)cc1Cl. The fourth-order valence-corrected chi connectivity index (χ4v) is 4.07. The molecule has 0 heterocycles. The average Bonchev–Trinajstić information content (AvgIpc) is 2.38. The van der Waals surface area contributed by atoms with Crippen LogP contribution in [0.1, 0.15) is 18.9 Å². The monoisotopic (exact) mass is 337 g/mol. The van der Waals surface area contributed by atoms with E-state index in [1.807, 2.05) is 6.92 Å². The van der Waals surface area contributed by atoms with Crippen molar-refractivity contribution in [2.75, 3.05) is 13.1 Å². The third-order valence-electron chi connectivity index (χ3n) is 2.69. The van der Waals surface area contributed by atoms with Gasteiger partial charge in [0.05, 0.1) is 11.6 Å². The van der Waals surface area contributed by atoms with Gasteiger partial charge >= 0.3 is 0 Å². The molecule has 0 amide bonds. The zero-order valence-electron chi connectivity index (χ0n) is 11.1. The number of aliphatic hydroxyl groups excluding tert-OH is 1. The summed E-state index contributed by atoms with van der Waals surface area (Å²) in [5.74, 6) is 0. The number of benzene rings is 1. The molecule has 0 saturated carbocycles. The smallest absolute Gasteiger partial charge is 0.244 e. The average molecular weight is 338 g/mol. The number of halogens is 2. The Bertz CT molecular complexity index is 588. The topological polar surface area (TPSA) is 57.6 Å². The van der Waals surface area contributed by atoms with Gasteiger partial charge in [0.25, 0.3) is 0 Å². The summed E-state index contributed by atoms with van der Waals surface area (Å²) in [5.41, 5.74) is 0.324. The van der Waals surface area contributed by atoms with E-state index in [2.05, 4.69) is 6.58 Å². The minimum atomic E-state index is -3.75. The second-order valence-electron chi connectivity index (χ2n) is 4.18. The van der Waals surface area contributed by atoms with Gasteiger partial charge in [-0.2, -0.15) is 4.31 Å². The molecule has 4 nitrogen and oxygen atoms in total. The first-order valence-electron chi connectivity index (χ1n) is 6.08. The third-order valence-corrected chi connectivity index (χ3v) is 5.38. The van der Waals surface area contributed by atoms with E-state index in [4.69, 9.17) is 23.2 Å². The van der Waals surface area contributed by atoms with Crippen LogP contribution in [0.25, 0.3) is 0 Å². The van der Waals surface area contributed by atoms with E-state index in [-0.39, 0.29) is 28.1 Å². The van der Waals surface area contributed by atoms with Gasteiger partial charge in [0.1, 0.15) is 4.90 Å². The Labute approximate surface area is 129 Å². The second-order valence-corrected chi connectivity index (χ2v) is 6.90. The lowest BCUT2D eigenvalue weighted by molar-refractivity contribution is 0.281. The van der Waals surface area contributed by atoms with Crippen LogP contribution in [0.4, 0.5) is 0 Å². The van der Waals surface area contributed by atoms with Crippen LogP contribution in [0.5, 0.6) is 0 Å². The van der Waals surface area contributed by atoms with Gasteiger partial charge < -0.3 is 5.11 Å². The molecule has 1 aromatic carbocycles. The molecule has 0 spiro atoms. The van der Waals surface area contributed by atoms with Crippen molar-refractivity contribution >= 4 is 33.2 Å². The first kappa shape index (κ1) is 17.5. The fraction of sp³-hybridized carbons (Fsp3) is 0.385. The molecule has 112 valence electrons. The number of sulfonamides is 1. The van der Waals surface area contributed by atoms with Gasteiger partial charge in [-0.1, -0.05) is 36.2 Å². The van der Waals surface area contributed by atoms with Gasteiger partial charge in [-0.3, -0.25) is 0 Å². The Kier molecular flexibility index (Phi) is 6.48. The Hall–Kier alpha value is -0.590. The van der Waals surface area contributed by atoms with Crippen LogP contribution in [-0.4, -0.2) is 30.9 Å². The van der Waals surface area contributed by atoms with Crippen LogP contribution in [0.15, 0.2) is 29.7 Å². The van der Waals surface area contributed by atoms with Crippen molar-refractivity contribution in [2.45, 2.75) is 24.8 Å². The standard InChI is InChI=1S/C13H17Cl2NO3S/c1-3-5-16(6-4-2)20(18,19)13-7-10(9-17)11(14)8-12(13)15/h3,7-8,17H,1,4-6,9H2,2H3. The van der Waals surface area contributed by atoms with Crippen molar-refractivity contribution in [3.05, 3.63) is 40.4 Å². The quantitative estimate of drug-likeness (QED) is 0.778. The van der Waals surface area contributed by atoms with E-state index in [0.29, 0.717) is 18.5 Å².